The highest BCUT2D eigenvalue weighted by Crippen LogP contribution is 2.30. The van der Waals surface area contributed by atoms with Crippen molar-refractivity contribution in [1.82, 2.24) is 9.89 Å². The summed E-state index contributed by atoms with van der Waals surface area (Å²) in [5, 5.41) is 6.81. The molecule has 3 rings (SSSR count). The van der Waals surface area contributed by atoms with Crippen LogP contribution in [0.2, 0.25) is 0 Å². The summed E-state index contributed by atoms with van der Waals surface area (Å²) in [5.74, 6) is -1.18. The molecule has 0 radical (unpaired) electrons. The molecule has 1 aromatic heterocycles. The van der Waals surface area contributed by atoms with E-state index in [-0.39, 0.29) is 23.6 Å². The second kappa shape index (κ2) is 7.96. The van der Waals surface area contributed by atoms with Crippen LogP contribution in [0.5, 0.6) is 0 Å². The molecule has 0 unspecified atom stereocenters. The Kier molecular flexibility index (Phi) is 5.44. The molecule has 7 nitrogen and oxygen atoms in total. The van der Waals surface area contributed by atoms with Crippen molar-refractivity contribution in [1.29, 1.82) is 0 Å². The lowest BCUT2D eigenvalue weighted by Crippen LogP contribution is -2.11. The number of ether oxygens (including phenoxy) is 1. The van der Waals surface area contributed by atoms with Crippen LogP contribution in [-0.2, 0) is 4.74 Å². The van der Waals surface area contributed by atoms with E-state index in [4.69, 9.17) is 4.74 Å². The highest BCUT2D eigenvalue weighted by atomic mass is 16.5. The molecule has 0 bridgehead atoms. The van der Waals surface area contributed by atoms with Gasteiger partial charge in [0.25, 0.3) is 0 Å². The number of aryl methyl sites for hydroxylation is 2. The van der Waals surface area contributed by atoms with Gasteiger partial charge >= 0.3 is 5.97 Å². The van der Waals surface area contributed by atoms with Gasteiger partial charge in [-0.15, -0.1) is 14.8 Å². The number of carbonyl (C=O) groups excluding carboxylic acids is 2. The maximum atomic E-state index is 13.1. The largest absolute Gasteiger partial charge is 0.461 e. The van der Waals surface area contributed by atoms with Crippen molar-refractivity contribution in [3.05, 3.63) is 81.5 Å². The second-order valence-corrected chi connectivity index (χ2v) is 6.32. The molecule has 0 fully saturated rings. The molecule has 2 aromatic carbocycles. The summed E-state index contributed by atoms with van der Waals surface area (Å²) in [4.78, 5) is 37.6. The molecule has 142 valence electrons. The first-order valence-corrected chi connectivity index (χ1v) is 8.78. The molecule has 0 aliphatic rings. The van der Waals surface area contributed by atoms with Crippen LogP contribution in [0.3, 0.4) is 0 Å². The van der Waals surface area contributed by atoms with E-state index in [0.717, 1.165) is 11.1 Å². The van der Waals surface area contributed by atoms with Crippen LogP contribution in [0.1, 0.15) is 44.6 Å². The van der Waals surface area contributed by atoms with Gasteiger partial charge in [-0.25, -0.2) is 4.79 Å². The molecule has 1 heterocycles. The zero-order valence-corrected chi connectivity index (χ0v) is 15.8. The molecule has 28 heavy (non-hydrogen) atoms. The fourth-order valence-electron chi connectivity index (χ4n) is 2.84. The average molecular weight is 377 g/mol. The van der Waals surface area contributed by atoms with Gasteiger partial charge in [-0.05, 0) is 26.3 Å². The molecular formula is C21H19N3O4. The van der Waals surface area contributed by atoms with Crippen LogP contribution in [-0.4, -0.2) is 28.2 Å². The molecule has 0 aliphatic heterocycles. The third kappa shape index (κ3) is 3.59. The van der Waals surface area contributed by atoms with Crippen molar-refractivity contribution in [2.75, 3.05) is 6.61 Å². The summed E-state index contributed by atoms with van der Waals surface area (Å²) in [6.45, 7) is 5.59. The number of nitroso groups, excluding NO2 is 1. The van der Waals surface area contributed by atoms with Gasteiger partial charge in [0.15, 0.2) is 5.69 Å². The first-order chi connectivity index (χ1) is 13.5. The number of hydrogen-bond acceptors (Lipinski definition) is 6. The Hall–Kier alpha value is -3.61. The van der Waals surface area contributed by atoms with Crippen molar-refractivity contribution >= 4 is 11.8 Å². The van der Waals surface area contributed by atoms with Crippen LogP contribution in [0.25, 0.3) is 11.1 Å². The number of benzene rings is 2. The Bertz CT molecular complexity index is 1030. The molecule has 0 saturated heterocycles. The summed E-state index contributed by atoms with van der Waals surface area (Å²) >= 11 is 0. The predicted molar refractivity (Wildman–Crippen MR) is 104 cm³/mol. The number of aromatic nitrogens is 2. The first kappa shape index (κ1) is 19.2. The number of hydrogen-bond donors (Lipinski definition) is 0. The lowest BCUT2D eigenvalue weighted by Gasteiger charge is -2.07. The van der Waals surface area contributed by atoms with E-state index in [1.165, 1.54) is 0 Å². The maximum absolute atomic E-state index is 13.1. The highest BCUT2D eigenvalue weighted by Gasteiger charge is 2.30. The molecule has 3 aromatic rings. The number of rotatable bonds is 6. The number of esters is 1. The van der Waals surface area contributed by atoms with Gasteiger partial charge in [-0.1, -0.05) is 59.7 Å². The summed E-state index contributed by atoms with van der Waals surface area (Å²) < 4.78 is 5.06. The van der Waals surface area contributed by atoms with Crippen molar-refractivity contribution in [3.63, 3.8) is 0 Å². The van der Waals surface area contributed by atoms with Gasteiger partial charge in [0.2, 0.25) is 5.78 Å². The summed E-state index contributed by atoms with van der Waals surface area (Å²) in [6.07, 6.45) is 0. The van der Waals surface area contributed by atoms with E-state index in [9.17, 15) is 14.5 Å². The van der Waals surface area contributed by atoms with E-state index in [2.05, 4.69) is 10.4 Å². The first-order valence-electron chi connectivity index (χ1n) is 8.78. The fourth-order valence-corrected chi connectivity index (χ4v) is 2.84. The van der Waals surface area contributed by atoms with Crippen LogP contribution in [0.4, 0.5) is 0 Å². The molecule has 7 heteroatoms. The van der Waals surface area contributed by atoms with E-state index < -0.39 is 11.8 Å². The van der Waals surface area contributed by atoms with Gasteiger partial charge in [-0.2, -0.15) is 0 Å². The lowest BCUT2D eigenvalue weighted by molar-refractivity contribution is 0.0514. The Labute approximate surface area is 161 Å². The standard InChI is InChI=1S/C21H19N3O4/c1-4-28-21(26)19-17(15-9-5-13(2)6-10-15)18(22-24(19)23-27)20(25)16-11-7-14(3)8-12-16/h5-12H,4H2,1-3H3. The molecule has 0 amide bonds. The second-order valence-electron chi connectivity index (χ2n) is 6.32. The van der Waals surface area contributed by atoms with E-state index >= 15 is 0 Å². The minimum absolute atomic E-state index is 0.0321. The number of ketones is 1. The van der Waals surface area contributed by atoms with Crippen molar-refractivity contribution < 1.29 is 14.3 Å². The molecule has 0 atom stereocenters. The van der Waals surface area contributed by atoms with Gasteiger partial charge in [0.05, 0.1) is 11.9 Å². The van der Waals surface area contributed by atoms with Crippen LogP contribution >= 0.6 is 0 Å². The smallest absolute Gasteiger partial charge is 0.359 e. The van der Waals surface area contributed by atoms with Crippen LogP contribution in [0.15, 0.2) is 53.8 Å². The normalized spacial score (nSPS) is 10.5. The number of carbonyl (C=O) groups is 2. The Morgan fingerprint density at radius 2 is 1.57 bits per heavy atom. The molecular weight excluding hydrogens is 358 g/mol. The SMILES string of the molecule is CCOC(=O)c1c(-c2ccc(C)cc2)c(C(=O)c2ccc(C)cc2)nn1N=O. The molecule has 0 N–H and O–H groups in total. The Morgan fingerprint density at radius 3 is 2.11 bits per heavy atom. The third-order valence-corrected chi connectivity index (χ3v) is 4.28. The summed E-state index contributed by atoms with van der Waals surface area (Å²) in [6, 6.07) is 14.2. The van der Waals surface area contributed by atoms with Crippen LogP contribution in [0, 0.1) is 18.8 Å². The predicted octanol–water partition coefficient (Wildman–Crippen LogP) is 4.10. The lowest BCUT2D eigenvalue weighted by atomic mass is 9.97. The van der Waals surface area contributed by atoms with Gasteiger partial charge in [0.1, 0.15) is 5.69 Å². The molecule has 0 spiro atoms. The number of nitrogens with zero attached hydrogens (tertiary/aromatic N) is 3. The fraction of sp³-hybridized carbons (Fsp3) is 0.190. The van der Waals surface area contributed by atoms with Gasteiger partial charge in [-0.3, -0.25) is 4.79 Å². The summed E-state index contributed by atoms with van der Waals surface area (Å²) in [5.41, 5.74) is 3.00. The van der Waals surface area contributed by atoms with Crippen molar-refractivity contribution in [2.45, 2.75) is 20.8 Å². The Morgan fingerprint density at radius 1 is 1.00 bits per heavy atom. The minimum atomic E-state index is -0.770. The summed E-state index contributed by atoms with van der Waals surface area (Å²) in [7, 11) is 0. The monoisotopic (exact) mass is 377 g/mol. The zero-order chi connectivity index (χ0) is 20.3. The zero-order valence-electron chi connectivity index (χ0n) is 15.8. The third-order valence-electron chi connectivity index (χ3n) is 4.28. The minimum Gasteiger partial charge on any atom is -0.461 e. The van der Waals surface area contributed by atoms with E-state index in [1.807, 2.05) is 26.0 Å². The average Bonchev–Trinajstić information content (AvgIpc) is 3.08. The van der Waals surface area contributed by atoms with Gasteiger partial charge < -0.3 is 4.74 Å². The topological polar surface area (TPSA) is 90.6 Å². The molecule has 0 saturated carbocycles. The van der Waals surface area contributed by atoms with Crippen molar-refractivity contribution in [3.8, 4) is 11.1 Å². The maximum Gasteiger partial charge on any atom is 0.359 e. The highest BCUT2D eigenvalue weighted by molar-refractivity contribution is 6.14. The van der Waals surface area contributed by atoms with Crippen molar-refractivity contribution in [2.24, 2.45) is 5.29 Å². The van der Waals surface area contributed by atoms with E-state index in [0.29, 0.717) is 15.9 Å². The van der Waals surface area contributed by atoms with E-state index in [1.54, 1.807) is 43.3 Å². The Balaban J connectivity index is 2.25. The molecule has 0 aliphatic carbocycles. The van der Waals surface area contributed by atoms with Gasteiger partial charge in [0, 0.05) is 11.1 Å². The quantitative estimate of drug-likeness (QED) is 0.366. The van der Waals surface area contributed by atoms with Crippen LogP contribution < -0.4 is 0 Å².